The summed E-state index contributed by atoms with van der Waals surface area (Å²) in [4.78, 5) is 0. The Balaban J connectivity index is 1.74. The molecule has 1 nitrogen and oxygen atoms in total. The zero-order valence-corrected chi connectivity index (χ0v) is 14.3. The topological polar surface area (TPSA) is 20.2 Å². The first-order valence-corrected chi connectivity index (χ1v) is 9.10. The van der Waals surface area contributed by atoms with Gasteiger partial charge in [0.1, 0.15) is 0 Å². The Morgan fingerprint density at radius 2 is 1.57 bits per heavy atom. The van der Waals surface area contributed by atoms with Crippen molar-refractivity contribution in [3.05, 3.63) is 12.2 Å². The van der Waals surface area contributed by atoms with E-state index in [0.717, 1.165) is 12.3 Å². The van der Waals surface area contributed by atoms with Crippen LogP contribution in [0.2, 0.25) is 0 Å². The Morgan fingerprint density at radius 1 is 0.857 bits per heavy atom. The van der Waals surface area contributed by atoms with Gasteiger partial charge in [-0.3, -0.25) is 0 Å². The first-order valence-electron chi connectivity index (χ1n) is 9.10. The lowest BCUT2D eigenvalue weighted by Crippen LogP contribution is -2.59. The second-order valence-corrected chi connectivity index (χ2v) is 9.96. The molecule has 1 spiro atoms. The van der Waals surface area contributed by atoms with E-state index in [0.29, 0.717) is 22.2 Å². The second kappa shape index (κ2) is 3.96. The van der Waals surface area contributed by atoms with E-state index in [1.54, 1.807) is 0 Å². The molecule has 0 heterocycles. The lowest BCUT2D eigenvalue weighted by molar-refractivity contribution is -0.176. The molecule has 118 valence electrons. The number of rotatable bonds is 0. The highest BCUT2D eigenvalue weighted by Crippen LogP contribution is 2.71. The van der Waals surface area contributed by atoms with E-state index in [1.807, 2.05) is 0 Å². The van der Waals surface area contributed by atoms with Crippen LogP contribution in [0.1, 0.15) is 72.6 Å². The smallest absolute Gasteiger partial charge is 0.0594 e. The molecule has 21 heavy (non-hydrogen) atoms. The number of hydrogen-bond acceptors (Lipinski definition) is 1. The van der Waals surface area contributed by atoms with Gasteiger partial charge in [0, 0.05) is 0 Å². The quantitative estimate of drug-likeness (QED) is 0.626. The molecule has 0 unspecified atom stereocenters. The summed E-state index contributed by atoms with van der Waals surface area (Å²) in [5.41, 5.74) is 1.52. The van der Waals surface area contributed by atoms with Gasteiger partial charge in [0.2, 0.25) is 0 Å². The zero-order chi connectivity index (χ0) is 15.1. The van der Waals surface area contributed by atoms with Gasteiger partial charge in [0.15, 0.2) is 0 Å². The van der Waals surface area contributed by atoms with Crippen LogP contribution < -0.4 is 0 Å². The molecule has 0 aliphatic heterocycles. The van der Waals surface area contributed by atoms with Crippen molar-refractivity contribution in [2.45, 2.75) is 78.7 Å². The summed E-state index contributed by atoms with van der Waals surface area (Å²) in [6, 6.07) is 0. The Labute approximate surface area is 130 Å². The number of aliphatic hydroxyl groups excluding tert-OH is 1. The molecule has 0 amide bonds. The highest BCUT2D eigenvalue weighted by Gasteiger charge is 2.64. The van der Waals surface area contributed by atoms with E-state index in [9.17, 15) is 5.11 Å². The predicted molar refractivity (Wildman–Crippen MR) is 86.9 cm³/mol. The van der Waals surface area contributed by atoms with Crippen molar-refractivity contribution in [2.75, 3.05) is 0 Å². The maximum Gasteiger partial charge on any atom is 0.0594 e. The van der Waals surface area contributed by atoms with Gasteiger partial charge < -0.3 is 5.11 Å². The molecule has 4 aliphatic carbocycles. The number of hydrogen-bond donors (Lipinski definition) is 1. The van der Waals surface area contributed by atoms with E-state index in [2.05, 4.69) is 39.8 Å². The van der Waals surface area contributed by atoms with E-state index in [1.165, 1.54) is 38.5 Å². The molecule has 0 aromatic rings. The summed E-state index contributed by atoms with van der Waals surface area (Å²) in [6.45, 7) is 9.70. The molecule has 0 saturated heterocycles. The van der Waals surface area contributed by atoms with Crippen molar-refractivity contribution in [2.24, 2.45) is 33.5 Å². The minimum absolute atomic E-state index is 0.0949. The van der Waals surface area contributed by atoms with Crippen molar-refractivity contribution in [1.29, 1.82) is 0 Å². The van der Waals surface area contributed by atoms with Crippen molar-refractivity contribution in [3.63, 3.8) is 0 Å². The molecule has 4 rings (SSSR count). The summed E-state index contributed by atoms with van der Waals surface area (Å²) < 4.78 is 0. The van der Waals surface area contributed by atoms with Crippen LogP contribution in [-0.2, 0) is 0 Å². The molecule has 0 aromatic heterocycles. The lowest BCUT2D eigenvalue weighted by Gasteiger charge is -2.65. The van der Waals surface area contributed by atoms with Gasteiger partial charge in [-0.25, -0.2) is 0 Å². The Kier molecular flexibility index (Phi) is 2.70. The van der Waals surface area contributed by atoms with Gasteiger partial charge in [0.05, 0.1) is 6.10 Å². The van der Waals surface area contributed by atoms with Crippen LogP contribution in [0.4, 0.5) is 0 Å². The number of aliphatic hydroxyl groups is 1. The van der Waals surface area contributed by atoms with Crippen LogP contribution in [0.5, 0.6) is 0 Å². The highest BCUT2D eigenvalue weighted by atomic mass is 16.3. The monoisotopic (exact) mass is 288 g/mol. The first-order chi connectivity index (χ1) is 9.72. The third kappa shape index (κ3) is 1.68. The summed E-state index contributed by atoms with van der Waals surface area (Å²) >= 11 is 0. The van der Waals surface area contributed by atoms with Crippen molar-refractivity contribution in [3.8, 4) is 0 Å². The second-order valence-electron chi connectivity index (χ2n) is 9.96. The van der Waals surface area contributed by atoms with Crippen LogP contribution in [-0.4, -0.2) is 11.2 Å². The molecule has 6 atom stereocenters. The van der Waals surface area contributed by atoms with Crippen LogP contribution in [0, 0.1) is 33.5 Å². The summed E-state index contributed by atoms with van der Waals surface area (Å²) in [7, 11) is 0. The summed E-state index contributed by atoms with van der Waals surface area (Å²) in [6.07, 6.45) is 14.2. The molecule has 2 bridgehead atoms. The number of fused-ring (bicyclic) bond motifs is 3. The summed E-state index contributed by atoms with van der Waals surface area (Å²) in [5, 5.41) is 10.5. The Morgan fingerprint density at radius 3 is 2.33 bits per heavy atom. The Bertz CT molecular complexity index is 492. The molecule has 0 aromatic carbocycles. The van der Waals surface area contributed by atoms with E-state index < -0.39 is 0 Å². The van der Waals surface area contributed by atoms with Crippen LogP contribution in [0.15, 0.2) is 12.2 Å². The zero-order valence-electron chi connectivity index (χ0n) is 14.3. The van der Waals surface area contributed by atoms with Crippen molar-refractivity contribution in [1.82, 2.24) is 0 Å². The van der Waals surface area contributed by atoms with E-state index in [4.69, 9.17) is 0 Å². The van der Waals surface area contributed by atoms with Gasteiger partial charge in [-0.05, 0) is 78.4 Å². The third-order valence-corrected chi connectivity index (χ3v) is 8.45. The fraction of sp³-hybridized carbons (Fsp3) is 0.900. The summed E-state index contributed by atoms with van der Waals surface area (Å²) in [5.74, 6) is 1.55. The van der Waals surface area contributed by atoms with Gasteiger partial charge in [-0.2, -0.15) is 0 Å². The van der Waals surface area contributed by atoms with Crippen LogP contribution in [0.25, 0.3) is 0 Å². The molecule has 0 radical (unpaired) electrons. The standard InChI is InChI=1S/C20H32O/c1-17(2)14-6-10-20-12-11-18(3,13-20)8-5-15(20)19(14,4)9-7-16(17)21/h11-12,14-16,21H,5-10,13H2,1-4H3/t14-,15+,16+,18+,19+,20-/m0/s1. The molecule has 3 fully saturated rings. The lowest BCUT2D eigenvalue weighted by atomic mass is 9.40. The van der Waals surface area contributed by atoms with Crippen molar-refractivity contribution >= 4 is 0 Å². The minimum atomic E-state index is -0.0994. The molecule has 4 aliphatic rings. The maximum atomic E-state index is 10.5. The SMILES string of the molecule is CC1(C)[C@H](O)CC[C@]2(C)[C@H]1CC[C@@]13C=C[C@@](C)(CC[C@@H]12)C3. The fourth-order valence-electron chi connectivity index (χ4n) is 7.35. The molecule has 3 saturated carbocycles. The average molecular weight is 288 g/mol. The molecule has 1 heteroatoms. The molecule has 1 N–H and O–H groups in total. The minimum Gasteiger partial charge on any atom is -0.393 e. The van der Waals surface area contributed by atoms with E-state index in [-0.39, 0.29) is 11.5 Å². The fourth-order valence-corrected chi connectivity index (χ4v) is 7.35. The molecular formula is C20H32O. The van der Waals surface area contributed by atoms with Gasteiger partial charge >= 0.3 is 0 Å². The average Bonchev–Trinajstić information content (AvgIpc) is 2.65. The predicted octanol–water partition coefficient (Wildman–Crippen LogP) is 4.95. The highest BCUT2D eigenvalue weighted by molar-refractivity contribution is 5.25. The van der Waals surface area contributed by atoms with Gasteiger partial charge in [0.25, 0.3) is 0 Å². The first kappa shape index (κ1) is 14.3. The van der Waals surface area contributed by atoms with Gasteiger partial charge in [-0.15, -0.1) is 0 Å². The van der Waals surface area contributed by atoms with E-state index >= 15 is 0 Å². The molecular weight excluding hydrogens is 256 g/mol. The third-order valence-electron chi connectivity index (χ3n) is 8.45. The van der Waals surface area contributed by atoms with Crippen LogP contribution >= 0.6 is 0 Å². The Hall–Kier alpha value is -0.300. The van der Waals surface area contributed by atoms with Crippen molar-refractivity contribution < 1.29 is 5.11 Å². The number of allylic oxidation sites excluding steroid dienone is 2. The largest absolute Gasteiger partial charge is 0.393 e. The van der Waals surface area contributed by atoms with Gasteiger partial charge in [-0.1, -0.05) is 39.8 Å². The van der Waals surface area contributed by atoms with Crippen LogP contribution in [0.3, 0.4) is 0 Å². The maximum absolute atomic E-state index is 10.5. The normalized spacial score (nSPS) is 57.7.